The van der Waals surface area contributed by atoms with Gasteiger partial charge in [0.15, 0.2) is 0 Å². The molecule has 1 aromatic carbocycles. The zero-order valence-electron chi connectivity index (χ0n) is 9.28. The van der Waals surface area contributed by atoms with Crippen molar-refractivity contribution < 1.29 is 4.39 Å². The van der Waals surface area contributed by atoms with E-state index in [1.807, 2.05) is 24.1 Å². The summed E-state index contributed by atoms with van der Waals surface area (Å²) in [6, 6.07) is 6.61. The number of nitrogens with zero attached hydrogens (tertiary/aromatic N) is 1. The number of benzene rings is 1. The molecule has 0 unspecified atom stereocenters. The Balaban J connectivity index is 2.00. The van der Waals surface area contributed by atoms with Crippen molar-refractivity contribution in [1.82, 2.24) is 5.32 Å². The summed E-state index contributed by atoms with van der Waals surface area (Å²) in [5.41, 5.74) is 6.52. The quantitative estimate of drug-likeness (QED) is 0.808. The molecule has 1 atom stereocenters. The zero-order valence-corrected chi connectivity index (χ0v) is 9.28. The predicted octanol–water partition coefficient (Wildman–Crippen LogP) is 1.28. The number of halogens is 1. The Morgan fingerprint density at radius 3 is 3.00 bits per heavy atom. The molecule has 1 heterocycles. The number of hydrogen-bond acceptors (Lipinski definition) is 3. The summed E-state index contributed by atoms with van der Waals surface area (Å²) in [6.07, 6.45) is 2.01. The Morgan fingerprint density at radius 1 is 1.56 bits per heavy atom. The van der Waals surface area contributed by atoms with Crippen LogP contribution in [0, 0.1) is 11.7 Å². The molecule has 1 aliphatic rings. The Morgan fingerprint density at radius 2 is 2.38 bits per heavy atom. The third-order valence-corrected chi connectivity index (χ3v) is 2.74. The van der Waals surface area contributed by atoms with Crippen molar-refractivity contribution in [3.63, 3.8) is 0 Å². The maximum absolute atomic E-state index is 13.0. The summed E-state index contributed by atoms with van der Waals surface area (Å²) in [6.45, 7) is 1.68. The van der Waals surface area contributed by atoms with Crippen molar-refractivity contribution in [1.29, 1.82) is 0 Å². The van der Waals surface area contributed by atoms with Crippen molar-refractivity contribution in [2.75, 3.05) is 25.0 Å². The van der Waals surface area contributed by atoms with Crippen LogP contribution in [0.15, 0.2) is 36.2 Å². The lowest BCUT2D eigenvalue weighted by atomic mass is 10.1. The van der Waals surface area contributed by atoms with Gasteiger partial charge in [0.05, 0.1) is 5.82 Å². The highest BCUT2D eigenvalue weighted by atomic mass is 19.1. The van der Waals surface area contributed by atoms with Gasteiger partial charge in [-0.05, 0) is 24.3 Å². The Kier molecular flexibility index (Phi) is 2.99. The van der Waals surface area contributed by atoms with Crippen LogP contribution in [0.25, 0.3) is 0 Å². The second-order valence-corrected chi connectivity index (χ2v) is 4.12. The molecule has 3 N–H and O–H groups in total. The summed E-state index contributed by atoms with van der Waals surface area (Å²) in [5, 5.41) is 3.08. The first kappa shape index (κ1) is 10.8. The van der Waals surface area contributed by atoms with Crippen LogP contribution in [0.4, 0.5) is 10.1 Å². The largest absolute Gasteiger partial charge is 0.386 e. The highest BCUT2D eigenvalue weighted by Gasteiger charge is 2.15. The highest BCUT2D eigenvalue weighted by Crippen LogP contribution is 2.17. The number of anilines is 1. The van der Waals surface area contributed by atoms with Gasteiger partial charge in [0.2, 0.25) is 0 Å². The molecule has 4 heteroatoms. The minimum Gasteiger partial charge on any atom is -0.386 e. The summed E-state index contributed by atoms with van der Waals surface area (Å²) in [7, 11) is 1.96. The Labute approximate surface area is 94.7 Å². The number of hydrogen-bond donors (Lipinski definition) is 2. The van der Waals surface area contributed by atoms with Crippen molar-refractivity contribution in [2.24, 2.45) is 11.7 Å². The van der Waals surface area contributed by atoms with E-state index in [2.05, 4.69) is 5.32 Å². The third kappa shape index (κ3) is 2.45. The van der Waals surface area contributed by atoms with Crippen LogP contribution < -0.4 is 16.0 Å². The van der Waals surface area contributed by atoms with Gasteiger partial charge in [-0.15, -0.1) is 0 Å². The van der Waals surface area contributed by atoms with Gasteiger partial charge in [0.1, 0.15) is 5.82 Å². The van der Waals surface area contributed by atoms with Crippen molar-refractivity contribution in [2.45, 2.75) is 0 Å². The van der Waals surface area contributed by atoms with E-state index in [4.69, 9.17) is 5.73 Å². The molecule has 0 saturated heterocycles. The smallest absolute Gasteiger partial charge is 0.125 e. The molecule has 0 bridgehead atoms. The topological polar surface area (TPSA) is 41.3 Å². The van der Waals surface area contributed by atoms with E-state index in [1.54, 1.807) is 6.07 Å². The third-order valence-electron chi connectivity index (χ3n) is 2.74. The lowest BCUT2D eigenvalue weighted by molar-refractivity contribution is 0.621. The molecule has 0 spiro atoms. The normalized spacial score (nSPS) is 19.1. The molecule has 16 heavy (non-hydrogen) atoms. The minimum absolute atomic E-state index is 0.205. The molecular weight excluding hydrogens is 205 g/mol. The van der Waals surface area contributed by atoms with Crippen LogP contribution in [0.1, 0.15) is 0 Å². The van der Waals surface area contributed by atoms with Crippen LogP contribution in [0.5, 0.6) is 0 Å². The fourth-order valence-electron chi connectivity index (χ4n) is 1.91. The molecule has 0 saturated carbocycles. The van der Waals surface area contributed by atoms with Crippen LogP contribution in [0.2, 0.25) is 0 Å². The van der Waals surface area contributed by atoms with E-state index in [0.717, 1.165) is 24.6 Å². The molecule has 2 rings (SSSR count). The first-order valence-corrected chi connectivity index (χ1v) is 5.33. The molecule has 3 nitrogen and oxygen atoms in total. The second kappa shape index (κ2) is 4.43. The van der Waals surface area contributed by atoms with Crippen LogP contribution in [0.3, 0.4) is 0 Å². The average molecular weight is 221 g/mol. The molecule has 86 valence electrons. The fourth-order valence-corrected chi connectivity index (χ4v) is 1.91. The summed E-state index contributed by atoms with van der Waals surface area (Å²) in [4.78, 5) is 2.03. The number of nitrogens with one attached hydrogen (secondary N) is 1. The Hall–Kier alpha value is -1.71. The molecule has 1 aromatic rings. The summed E-state index contributed by atoms with van der Waals surface area (Å²) in [5.74, 6) is 0.912. The van der Waals surface area contributed by atoms with E-state index in [0.29, 0.717) is 5.92 Å². The maximum Gasteiger partial charge on any atom is 0.125 e. The summed E-state index contributed by atoms with van der Waals surface area (Å²) >= 11 is 0. The summed E-state index contributed by atoms with van der Waals surface area (Å²) < 4.78 is 13.0. The van der Waals surface area contributed by atoms with E-state index < -0.39 is 0 Å². The number of rotatable bonds is 3. The van der Waals surface area contributed by atoms with Gasteiger partial charge in [0.25, 0.3) is 0 Å². The van der Waals surface area contributed by atoms with Gasteiger partial charge >= 0.3 is 0 Å². The van der Waals surface area contributed by atoms with Gasteiger partial charge in [0, 0.05) is 31.7 Å². The fraction of sp³-hybridized carbons (Fsp3) is 0.333. The molecule has 0 aromatic heterocycles. The van der Waals surface area contributed by atoms with Gasteiger partial charge in [-0.2, -0.15) is 0 Å². The highest BCUT2D eigenvalue weighted by molar-refractivity contribution is 5.45. The van der Waals surface area contributed by atoms with E-state index in [9.17, 15) is 4.39 Å². The lowest BCUT2D eigenvalue weighted by Crippen LogP contribution is -2.27. The number of nitrogens with two attached hydrogens (primary N) is 1. The second-order valence-electron chi connectivity index (χ2n) is 4.12. The van der Waals surface area contributed by atoms with Crippen LogP contribution in [-0.2, 0) is 0 Å². The average Bonchev–Trinajstić information content (AvgIpc) is 2.64. The first-order chi connectivity index (χ1) is 7.65. The zero-order chi connectivity index (χ0) is 11.5. The van der Waals surface area contributed by atoms with E-state index in [-0.39, 0.29) is 5.82 Å². The predicted molar refractivity (Wildman–Crippen MR) is 63.4 cm³/mol. The van der Waals surface area contributed by atoms with E-state index in [1.165, 1.54) is 12.1 Å². The van der Waals surface area contributed by atoms with Crippen LogP contribution >= 0.6 is 0 Å². The minimum atomic E-state index is -0.205. The standard InChI is InChI=1S/C12H16FN3/c1-16(8-9-5-12(14)15-7-9)11-4-2-3-10(13)6-11/h2-6,9,15H,7-8,14H2,1H3/t9-/m0/s1. The molecular formula is C12H16FN3. The van der Waals surface area contributed by atoms with Crippen molar-refractivity contribution in [3.8, 4) is 0 Å². The van der Waals surface area contributed by atoms with Crippen LogP contribution in [-0.4, -0.2) is 20.1 Å². The lowest BCUT2D eigenvalue weighted by Gasteiger charge is -2.22. The molecule has 1 aliphatic heterocycles. The van der Waals surface area contributed by atoms with Crippen molar-refractivity contribution in [3.05, 3.63) is 42.0 Å². The maximum atomic E-state index is 13.0. The Bertz CT molecular complexity index is 403. The van der Waals surface area contributed by atoms with Crippen molar-refractivity contribution >= 4 is 5.69 Å². The molecule has 0 aliphatic carbocycles. The van der Waals surface area contributed by atoms with Gasteiger partial charge in [-0.1, -0.05) is 6.07 Å². The van der Waals surface area contributed by atoms with Gasteiger partial charge in [-0.25, -0.2) is 4.39 Å². The molecule has 0 amide bonds. The molecule has 0 fully saturated rings. The first-order valence-electron chi connectivity index (χ1n) is 5.33. The van der Waals surface area contributed by atoms with E-state index >= 15 is 0 Å². The monoisotopic (exact) mass is 221 g/mol. The van der Waals surface area contributed by atoms with Gasteiger partial charge < -0.3 is 16.0 Å². The molecule has 0 radical (unpaired) electrons. The SMILES string of the molecule is CN(C[C@H]1C=C(N)NC1)c1cccc(F)c1. The van der Waals surface area contributed by atoms with Gasteiger partial charge in [-0.3, -0.25) is 0 Å².